The van der Waals surface area contributed by atoms with Gasteiger partial charge in [-0.3, -0.25) is 9.69 Å². The Morgan fingerprint density at radius 2 is 1.62 bits per heavy atom. The van der Waals surface area contributed by atoms with Crippen molar-refractivity contribution >= 4 is 11.6 Å². The molecule has 1 aromatic rings. The van der Waals surface area contributed by atoms with E-state index in [1.165, 1.54) is 44.1 Å². The summed E-state index contributed by atoms with van der Waals surface area (Å²) in [4.78, 5) is 14.9. The molecule has 0 heterocycles. The van der Waals surface area contributed by atoms with E-state index < -0.39 is 0 Å². The van der Waals surface area contributed by atoms with E-state index in [4.69, 9.17) is 0 Å². The first-order valence-corrected chi connectivity index (χ1v) is 9.66. The van der Waals surface area contributed by atoms with Gasteiger partial charge in [-0.15, -0.1) is 0 Å². The zero-order valence-corrected chi connectivity index (χ0v) is 15.1. The predicted octanol–water partition coefficient (Wildman–Crippen LogP) is 4.09. The van der Waals surface area contributed by atoms with Crippen molar-refractivity contribution in [3.63, 3.8) is 0 Å². The highest BCUT2D eigenvalue weighted by Crippen LogP contribution is 2.57. The van der Waals surface area contributed by atoms with Gasteiger partial charge in [-0.25, -0.2) is 0 Å². The molecule has 0 radical (unpaired) electrons. The molecule has 0 unspecified atom stereocenters. The van der Waals surface area contributed by atoms with E-state index in [1.807, 2.05) is 12.1 Å². The van der Waals surface area contributed by atoms with Crippen molar-refractivity contribution in [3.8, 4) is 0 Å². The average molecular weight is 326 g/mol. The summed E-state index contributed by atoms with van der Waals surface area (Å²) in [5.41, 5.74) is 2.52. The number of hydrogen-bond acceptors (Lipinski definition) is 2. The van der Waals surface area contributed by atoms with E-state index in [9.17, 15) is 4.79 Å². The van der Waals surface area contributed by atoms with Crippen molar-refractivity contribution in [2.75, 3.05) is 18.9 Å². The van der Waals surface area contributed by atoms with Crippen LogP contribution in [0.4, 0.5) is 5.69 Å². The Labute approximate surface area is 145 Å². The summed E-state index contributed by atoms with van der Waals surface area (Å²) in [7, 11) is 2.17. The largest absolute Gasteiger partial charge is 0.325 e. The Morgan fingerprint density at radius 1 is 1.08 bits per heavy atom. The van der Waals surface area contributed by atoms with Crippen molar-refractivity contribution in [2.45, 2.75) is 57.4 Å². The second-order valence-corrected chi connectivity index (χ2v) is 8.60. The SMILES string of the molecule is CCc1ccc(NC(=O)CN(C)C23CC4CC(CC(C4)C2)C3)cc1. The van der Waals surface area contributed by atoms with Crippen LogP contribution in [0.5, 0.6) is 0 Å². The molecule has 3 heteroatoms. The van der Waals surface area contributed by atoms with Gasteiger partial charge in [0.05, 0.1) is 6.54 Å². The molecule has 5 rings (SSSR count). The lowest BCUT2D eigenvalue weighted by atomic mass is 9.52. The Kier molecular flexibility index (Phi) is 4.16. The molecule has 24 heavy (non-hydrogen) atoms. The van der Waals surface area contributed by atoms with Crippen molar-refractivity contribution < 1.29 is 4.79 Å². The molecule has 4 bridgehead atoms. The highest BCUT2D eigenvalue weighted by molar-refractivity contribution is 5.92. The third-order valence-electron chi connectivity index (χ3n) is 6.84. The van der Waals surface area contributed by atoms with Gasteiger partial charge in [0.2, 0.25) is 5.91 Å². The molecule has 1 aromatic carbocycles. The maximum Gasteiger partial charge on any atom is 0.238 e. The number of rotatable bonds is 5. The van der Waals surface area contributed by atoms with Gasteiger partial charge in [-0.05, 0) is 87.4 Å². The van der Waals surface area contributed by atoms with Gasteiger partial charge in [-0.2, -0.15) is 0 Å². The molecular formula is C21H30N2O. The monoisotopic (exact) mass is 326 g/mol. The Morgan fingerprint density at radius 3 is 2.12 bits per heavy atom. The van der Waals surface area contributed by atoms with Gasteiger partial charge < -0.3 is 5.32 Å². The molecule has 1 N–H and O–H groups in total. The fourth-order valence-electron chi connectivity index (χ4n) is 5.94. The molecule has 0 aromatic heterocycles. The Balaban J connectivity index is 1.38. The quantitative estimate of drug-likeness (QED) is 0.884. The molecule has 0 atom stereocenters. The zero-order valence-electron chi connectivity index (χ0n) is 15.1. The molecule has 3 nitrogen and oxygen atoms in total. The van der Waals surface area contributed by atoms with Crippen LogP contribution in [-0.4, -0.2) is 29.9 Å². The summed E-state index contributed by atoms with van der Waals surface area (Å²) < 4.78 is 0. The highest BCUT2D eigenvalue weighted by atomic mass is 16.2. The molecule has 4 aliphatic carbocycles. The lowest BCUT2D eigenvalue weighted by molar-refractivity contribution is -0.123. The smallest absolute Gasteiger partial charge is 0.238 e. The fourth-order valence-corrected chi connectivity index (χ4v) is 5.94. The number of hydrogen-bond donors (Lipinski definition) is 1. The Hall–Kier alpha value is -1.35. The van der Waals surface area contributed by atoms with Crippen molar-refractivity contribution in [1.82, 2.24) is 4.90 Å². The molecule has 4 saturated carbocycles. The van der Waals surface area contributed by atoms with Gasteiger partial charge in [0.25, 0.3) is 0 Å². The summed E-state index contributed by atoms with van der Waals surface area (Å²) in [6.45, 7) is 2.66. The summed E-state index contributed by atoms with van der Waals surface area (Å²) in [5.74, 6) is 2.88. The molecule has 0 spiro atoms. The van der Waals surface area contributed by atoms with Crippen LogP contribution >= 0.6 is 0 Å². The van der Waals surface area contributed by atoms with E-state index in [2.05, 4.69) is 36.3 Å². The van der Waals surface area contributed by atoms with E-state index >= 15 is 0 Å². The number of likely N-dealkylation sites (N-methyl/N-ethyl adjacent to an activating group) is 1. The predicted molar refractivity (Wildman–Crippen MR) is 98.0 cm³/mol. The Bertz CT molecular complexity index is 571. The van der Waals surface area contributed by atoms with Gasteiger partial charge in [0, 0.05) is 11.2 Å². The molecule has 0 saturated heterocycles. The summed E-state index contributed by atoms with van der Waals surface area (Å²) in [6, 6.07) is 8.22. The minimum absolute atomic E-state index is 0.123. The van der Waals surface area contributed by atoms with E-state index in [-0.39, 0.29) is 5.91 Å². The van der Waals surface area contributed by atoms with Crippen LogP contribution in [0.1, 0.15) is 51.0 Å². The minimum Gasteiger partial charge on any atom is -0.325 e. The van der Waals surface area contributed by atoms with Gasteiger partial charge in [0.15, 0.2) is 0 Å². The van der Waals surface area contributed by atoms with Crippen LogP contribution in [-0.2, 0) is 11.2 Å². The van der Waals surface area contributed by atoms with E-state index in [0.29, 0.717) is 12.1 Å². The molecule has 1 amide bonds. The first-order valence-electron chi connectivity index (χ1n) is 9.66. The number of benzene rings is 1. The lowest BCUT2D eigenvalue weighted by Gasteiger charge is -2.59. The van der Waals surface area contributed by atoms with Crippen molar-refractivity contribution in [2.24, 2.45) is 17.8 Å². The second-order valence-electron chi connectivity index (χ2n) is 8.60. The maximum absolute atomic E-state index is 12.5. The van der Waals surface area contributed by atoms with Gasteiger partial charge in [-0.1, -0.05) is 19.1 Å². The third kappa shape index (κ3) is 2.99. The molecule has 4 fully saturated rings. The van der Waals surface area contributed by atoms with Crippen LogP contribution in [0.25, 0.3) is 0 Å². The lowest BCUT2D eigenvalue weighted by Crippen LogP contribution is -2.59. The molecule has 4 aliphatic rings. The number of nitrogens with one attached hydrogen (secondary N) is 1. The topological polar surface area (TPSA) is 32.3 Å². The number of amides is 1. The first kappa shape index (κ1) is 16.1. The molecule has 130 valence electrons. The number of carbonyl (C=O) groups is 1. The molecular weight excluding hydrogens is 296 g/mol. The standard InChI is InChI=1S/C21H30N2O/c1-3-15-4-6-19(7-5-15)22-20(24)14-23(2)21-11-16-8-17(12-21)10-18(9-16)13-21/h4-7,16-18H,3,8-14H2,1-2H3,(H,22,24). The van der Waals surface area contributed by atoms with Crippen LogP contribution in [0.2, 0.25) is 0 Å². The normalized spacial score (nSPS) is 33.9. The minimum atomic E-state index is 0.123. The van der Waals surface area contributed by atoms with Crippen LogP contribution in [0, 0.1) is 17.8 Å². The van der Waals surface area contributed by atoms with E-state index in [0.717, 1.165) is 29.9 Å². The third-order valence-corrected chi connectivity index (χ3v) is 6.84. The first-order chi connectivity index (χ1) is 11.6. The second kappa shape index (κ2) is 6.18. The van der Waals surface area contributed by atoms with Gasteiger partial charge in [0.1, 0.15) is 0 Å². The summed E-state index contributed by atoms with van der Waals surface area (Å²) >= 11 is 0. The van der Waals surface area contributed by atoms with Crippen molar-refractivity contribution in [1.29, 1.82) is 0 Å². The van der Waals surface area contributed by atoms with E-state index in [1.54, 1.807) is 0 Å². The van der Waals surface area contributed by atoms with Crippen molar-refractivity contribution in [3.05, 3.63) is 29.8 Å². The number of aryl methyl sites for hydroxylation is 1. The van der Waals surface area contributed by atoms with Crippen LogP contribution in [0.3, 0.4) is 0 Å². The highest BCUT2D eigenvalue weighted by Gasteiger charge is 2.52. The zero-order chi connectivity index (χ0) is 16.7. The molecule has 0 aliphatic heterocycles. The number of nitrogens with zero attached hydrogens (tertiary/aromatic N) is 1. The van der Waals surface area contributed by atoms with Gasteiger partial charge >= 0.3 is 0 Å². The van der Waals surface area contributed by atoms with Crippen LogP contribution in [0.15, 0.2) is 24.3 Å². The summed E-state index contributed by atoms with van der Waals surface area (Å²) in [6.07, 6.45) is 9.31. The maximum atomic E-state index is 12.5. The summed E-state index contributed by atoms with van der Waals surface area (Å²) in [5, 5.41) is 3.08. The number of carbonyl (C=O) groups excluding carboxylic acids is 1. The number of anilines is 1. The van der Waals surface area contributed by atoms with Crippen LogP contribution < -0.4 is 5.32 Å². The average Bonchev–Trinajstić information content (AvgIpc) is 2.54. The fraction of sp³-hybridized carbons (Fsp3) is 0.667.